The molecule has 0 saturated carbocycles. The average molecular weight is 328 g/mol. The van der Waals surface area contributed by atoms with Gasteiger partial charge in [0.15, 0.2) is 0 Å². The summed E-state index contributed by atoms with van der Waals surface area (Å²) in [5.41, 5.74) is 4.99. The van der Waals surface area contributed by atoms with Gasteiger partial charge in [-0.3, -0.25) is 4.79 Å². The Hall–Kier alpha value is -2.79. The third-order valence-corrected chi connectivity index (χ3v) is 3.73. The molecular formula is C17H14ClN3O2. The van der Waals surface area contributed by atoms with Crippen LogP contribution in [0.25, 0.3) is 10.9 Å². The predicted molar refractivity (Wildman–Crippen MR) is 90.9 cm³/mol. The first kappa shape index (κ1) is 15.1. The SMILES string of the molecule is O=C(Cc1c[nH]c2ccccc12)NN=Cc1ccc(O)cc1Cl. The van der Waals surface area contributed by atoms with Crippen LogP contribution in [0.1, 0.15) is 11.1 Å². The number of para-hydroxylation sites is 1. The first-order valence-electron chi connectivity index (χ1n) is 6.99. The second-order valence-electron chi connectivity index (χ2n) is 5.04. The van der Waals surface area contributed by atoms with Crippen molar-refractivity contribution in [3.05, 3.63) is 64.8 Å². The summed E-state index contributed by atoms with van der Waals surface area (Å²) in [5.74, 6) is -0.142. The van der Waals surface area contributed by atoms with Gasteiger partial charge in [-0.2, -0.15) is 5.10 Å². The third kappa shape index (κ3) is 3.52. The Bertz CT molecular complexity index is 886. The van der Waals surface area contributed by atoms with Crippen LogP contribution in [0.5, 0.6) is 5.75 Å². The van der Waals surface area contributed by atoms with E-state index in [4.69, 9.17) is 11.6 Å². The third-order valence-electron chi connectivity index (χ3n) is 3.40. The second kappa shape index (κ2) is 6.54. The lowest BCUT2D eigenvalue weighted by Crippen LogP contribution is -2.19. The molecule has 23 heavy (non-hydrogen) atoms. The maximum Gasteiger partial charge on any atom is 0.244 e. The number of phenols is 1. The minimum Gasteiger partial charge on any atom is -0.508 e. The van der Waals surface area contributed by atoms with Crippen molar-refractivity contribution in [3.8, 4) is 5.75 Å². The van der Waals surface area contributed by atoms with Crippen molar-refractivity contribution in [3.63, 3.8) is 0 Å². The van der Waals surface area contributed by atoms with E-state index >= 15 is 0 Å². The van der Waals surface area contributed by atoms with E-state index in [-0.39, 0.29) is 18.1 Å². The van der Waals surface area contributed by atoms with E-state index in [0.717, 1.165) is 16.5 Å². The summed E-state index contributed by atoms with van der Waals surface area (Å²) >= 11 is 5.96. The lowest BCUT2D eigenvalue weighted by Gasteiger charge is -2.00. The molecule has 0 aliphatic heterocycles. The lowest BCUT2D eigenvalue weighted by atomic mass is 10.1. The molecule has 3 N–H and O–H groups in total. The van der Waals surface area contributed by atoms with E-state index in [2.05, 4.69) is 15.5 Å². The van der Waals surface area contributed by atoms with E-state index in [1.54, 1.807) is 6.07 Å². The molecule has 0 saturated heterocycles. The molecular weight excluding hydrogens is 314 g/mol. The normalized spacial score (nSPS) is 11.2. The van der Waals surface area contributed by atoms with Crippen LogP contribution in [0.3, 0.4) is 0 Å². The number of benzene rings is 2. The molecule has 2 aromatic carbocycles. The summed E-state index contributed by atoms with van der Waals surface area (Å²) in [6, 6.07) is 12.3. The molecule has 0 unspecified atom stereocenters. The summed E-state index contributed by atoms with van der Waals surface area (Å²) in [4.78, 5) is 15.1. The highest BCUT2D eigenvalue weighted by molar-refractivity contribution is 6.33. The first-order valence-corrected chi connectivity index (χ1v) is 7.36. The van der Waals surface area contributed by atoms with Gasteiger partial charge >= 0.3 is 0 Å². The van der Waals surface area contributed by atoms with Crippen molar-refractivity contribution >= 4 is 34.6 Å². The van der Waals surface area contributed by atoms with Crippen LogP contribution in [0.4, 0.5) is 0 Å². The highest BCUT2D eigenvalue weighted by Gasteiger charge is 2.07. The number of nitrogens with one attached hydrogen (secondary N) is 2. The van der Waals surface area contributed by atoms with Gasteiger partial charge in [-0.25, -0.2) is 5.43 Å². The summed E-state index contributed by atoms with van der Waals surface area (Å²) in [7, 11) is 0. The molecule has 0 atom stereocenters. The van der Waals surface area contributed by atoms with Crippen molar-refractivity contribution in [2.24, 2.45) is 5.10 Å². The number of aromatic hydroxyl groups is 1. The quantitative estimate of drug-likeness (QED) is 0.508. The number of carbonyl (C=O) groups excluding carboxylic acids is 1. The Kier molecular flexibility index (Phi) is 4.30. The number of rotatable bonds is 4. The number of hydrogen-bond acceptors (Lipinski definition) is 3. The highest BCUT2D eigenvalue weighted by atomic mass is 35.5. The molecule has 1 amide bonds. The standard InChI is InChI=1S/C17H14ClN3O2/c18-15-8-13(22)6-5-11(15)10-20-21-17(23)7-12-9-19-16-4-2-1-3-14(12)16/h1-6,8-10,19,22H,7H2,(H,21,23). The first-order chi connectivity index (χ1) is 11.1. The molecule has 0 bridgehead atoms. The molecule has 5 nitrogen and oxygen atoms in total. The van der Waals surface area contributed by atoms with Crippen LogP contribution in [0.15, 0.2) is 53.8 Å². The van der Waals surface area contributed by atoms with Gasteiger partial charge in [-0.05, 0) is 29.8 Å². The number of carbonyl (C=O) groups is 1. The zero-order valence-electron chi connectivity index (χ0n) is 12.1. The summed E-state index contributed by atoms with van der Waals surface area (Å²) in [5, 5.41) is 14.6. The van der Waals surface area contributed by atoms with E-state index in [0.29, 0.717) is 10.6 Å². The maximum absolute atomic E-state index is 12.0. The molecule has 1 heterocycles. The van der Waals surface area contributed by atoms with Crippen LogP contribution in [0, 0.1) is 0 Å². The molecule has 6 heteroatoms. The molecule has 0 spiro atoms. The fourth-order valence-corrected chi connectivity index (χ4v) is 2.51. The summed E-state index contributed by atoms with van der Waals surface area (Å²) in [6.07, 6.45) is 3.49. The Labute approximate surface area is 137 Å². The Morgan fingerprint density at radius 1 is 1.30 bits per heavy atom. The van der Waals surface area contributed by atoms with Gasteiger partial charge < -0.3 is 10.1 Å². The number of nitrogens with zero attached hydrogens (tertiary/aromatic N) is 1. The average Bonchev–Trinajstić information content (AvgIpc) is 2.93. The van der Waals surface area contributed by atoms with Gasteiger partial charge in [0.05, 0.1) is 17.7 Å². The van der Waals surface area contributed by atoms with Gasteiger partial charge in [-0.15, -0.1) is 0 Å². The Morgan fingerprint density at radius 2 is 2.13 bits per heavy atom. The highest BCUT2D eigenvalue weighted by Crippen LogP contribution is 2.20. The van der Waals surface area contributed by atoms with Crippen molar-refractivity contribution in [1.82, 2.24) is 10.4 Å². The number of aromatic amines is 1. The lowest BCUT2D eigenvalue weighted by molar-refractivity contribution is -0.120. The van der Waals surface area contributed by atoms with Gasteiger partial charge in [0.2, 0.25) is 5.91 Å². The molecule has 0 aliphatic rings. The number of phenolic OH excluding ortho intramolecular Hbond substituents is 1. The number of halogens is 1. The van der Waals surface area contributed by atoms with Crippen molar-refractivity contribution in [2.75, 3.05) is 0 Å². The molecule has 116 valence electrons. The van der Waals surface area contributed by atoms with Gasteiger partial charge in [0.25, 0.3) is 0 Å². The molecule has 0 radical (unpaired) electrons. The number of H-pyrrole nitrogens is 1. The van der Waals surface area contributed by atoms with Gasteiger partial charge in [0, 0.05) is 22.7 Å². The Balaban J connectivity index is 1.64. The fraction of sp³-hybridized carbons (Fsp3) is 0.0588. The topological polar surface area (TPSA) is 77.5 Å². The molecule has 0 aliphatic carbocycles. The largest absolute Gasteiger partial charge is 0.508 e. The number of hydrazone groups is 1. The summed E-state index contributed by atoms with van der Waals surface area (Å²) in [6.45, 7) is 0. The molecule has 3 aromatic rings. The predicted octanol–water partition coefficient (Wildman–Crippen LogP) is 3.22. The van der Waals surface area contributed by atoms with Crippen molar-refractivity contribution < 1.29 is 9.90 Å². The van der Waals surface area contributed by atoms with Crippen LogP contribution in [0.2, 0.25) is 5.02 Å². The van der Waals surface area contributed by atoms with E-state index < -0.39 is 0 Å². The number of fused-ring (bicyclic) bond motifs is 1. The van der Waals surface area contributed by atoms with E-state index in [9.17, 15) is 9.90 Å². The van der Waals surface area contributed by atoms with Crippen LogP contribution >= 0.6 is 11.6 Å². The van der Waals surface area contributed by atoms with E-state index in [1.165, 1.54) is 18.3 Å². The number of amides is 1. The smallest absolute Gasteiger partial charge is 0.244 e. The van der Waals surface area contributed by atoms with Crippen molar-refractivity contribution in [2.45, 2.75) is 6.42 Å². The minimum atomic E-state index is -0.221. The number of hydrogen-bond donors (Lipinski definition) is 3. The fourth-order valence-electron chi connectivity index (χ4n) is 2.28. The van der Waals surface area contributed by atoms with Crippen molar-refractivity contribution in [1.29, 1.82) is 0 Å². The van der Waals surface area contributed by atoms with Crippen LogP contribution in [-0.2, 0) is 11.2 Å². The maximum atomic E-state index is 12.0. The van der Waals surface area contributed by atoms with Crippen LogP contribution in [-0.4, -0.2) is 22.2 Å². The van der Waals surface area contributed by atoms with Gasteiger partial charge in [0.1, 0.15) is 5.75 Å². The zero-order valence-corrected chi connectivity index (χ0v) is 12.8. The van der Waals surface area contributed by atoms with Gasteiger partial charge in [-0.1, -0.05) is 29.8 Å². The van der Waals surface area contributed by atoms with E-state index in [1.807, 2.05) is 30.5 Å². The number of aromatic nitrogens is 1. The Morgan fingerprint density at radius 3 is 2.96 bits per heavy atom. The monoisotopic (exact) mass is 327 g/mol. The molecule has 1 aromatic heterocycles. The summed E-state index contributed by atoms with van der Waals surface area (Å²) < 4.78 is 0. The van der Waals surface area contributed by atoms with Crippen LogP contribution < -0.4 is 5.43 Å². The molecule has 3 rings (SSSR count). The molecule has 0 fully saturated rings. The minimum absolute atomic E-state index is 0.0792. The zero-order chi connectivity index (χ0) is 16.2. The second-order valence-corrected chi connectivity index (χ2v) is 5.44.